The molecule has 22 heavy (non-hydrogen) atoms. The highest BCUT2D eigenvalue weighted by atomic mass is 16.1. The minimum Gasteiger partial charge on any atom is -0.349 e. The molecule has 2 N–H and O–H groups in total. The van der Waals surface area contributed by atoms with Crippen LogP contribution in [0, 0.1) is 6.92 Å². The van der Waals surface area contributed by atoms with Crippen LogP contribution in [-0.2, 0) is 0 Å². The molecule has 0 bridgehead atoms. The number of carbonyl (C=O) groups is 1. The Morgan fingerprint density at radius 2 is 1.82 bits per heavy atom. The molecule has 6 nitrogen and oxygen atoms in total. The molecule has 2 aromatic rings. The third-order valence-electron chi connectivity index (χ3n) is 3.07. The van der Waals surface area contributed by atoms with Gasteiger partial charge in [-0.1, -0.05) is 17.7 Å². The summed E-state index contributed by atoms with van der Waals surface area (Å²) in [6.45, 7) is 3.40. The Balaban J connectivity index is 1.92. The quantitative estimate of drug-likeness (QED) is 0.851. The van der Waals surface area contributed by atoms with E-state index in [-0.39, 0.29) is 5.91 Å². The lowest BCUT2D eigenvalue weighted by molar-refractivity contribution is 0.0945. The fraction of sp³-hybridized carbons (Fsp3) is 0.312. The molecule has 0 spiro atoms. The molecule has 0 aliphatic rings. The first-order valence-electron chi connectivity index (χ1n) is 7.15. The van der Waals surface area contributed by atoms with Crippen molar-refractivity contribution in [2.75, 3.05) is 32.5 Å². The smallest absolute Gasteiger partial charge is 0.271 e. The first kappa shape index (κ1) is 15.9. The highest BCUT2D eigenvalue weighted by molar-refractivity contribution is 5.92. The van der Waals surface area contributed by atoms with Crippen molar-refractivity contribution in [3.05, 3.63) is 47.7 Å². The molecule has 6 heteroatoms. The van der Waals surface area contributed by atoms with Crippen molar-refractivity contribution in [1.29, 1.82) is 0 Å². The number of carbonyl (C=O) groups excluding carboxylic acids is 1. The second kappa shape index (κ2) is 7.51. The van der Waals surface area contributed by atoms with Gasteiger partial charge in [-0.2, -0.15) is 0 Å². The molecule has 0 saturated heterocycles. The number of anilines is 2. The summed E-state index contributed by atoms with van der Waals surface area (Å²) in [4.78, 5) is 13.9. The number of hydrogen-bond acceptors (Lipinski definition) is 5. The van der Waals surface area contributed by atoms with Gasteiger partial charge in [0, 0.05) is 18.8 Å². The maximum atomic E-state index is 11.9. The number of amides is 1. The summed E-state index contributed by atoms with van der Waals surface area (Å²) in [5, 5.41) is 13.9. The van der Waals surface area contributed by atoms with E-state index in [0.717, 1.165) is 12.2 Å². The van der Waals surface area contributed by atoms with Gasteiger partial charge in [-0.3, -0.25) is 4.79 Å². The Bertz CT molecular complexity index is 607. The summed E-state index contributed by atoms with van der Waals surface area (Å²) >= 11 is 0. The third kappa shape index (κ3) is 4.82. The van der Waals surface area contributed by atoms with E-state index in [1.807, 2.05) is 50.2 Å². The topological polar surface area (TPSA) is 70.2 Å². The maximum absolute atomic E-state index is 11.9. The highest BCUT2D eigenvalue weighted by Gasteiger charge is 2.07. The SMILES string of the molecule is Cc1ccc(Nc2ccc(C(=O)NCCN(C)C)nn2)cc1. The molecular formula is C16H21N5O. The zero-order valence-electron chi connectivity index (χ0n) is 13.1. The van der Waals surface area contributed by atoms with Gasteiger partial charge in [-0.05, 0) is 45.3 Å². The van der Waals surface area contributed by atoms with Crippen LogP contribution in [0.3, 0.4) is 0 Å². The lowest BCUT2D eigenvalue weighted by Gasteiger charge is -2.10. The number of aromatic nitrogens is 2. The fourth-order valence-corrected chi connectivity index (χ4v) is 1.79. The lowest BCUT2D eigenvalue weighted by Crippen LogP contribution is -2.31. The van der Waals surface area contributed by atoms with Crippen LogP contribution >= 0.6 is 0 Å². The first-order valence-corrected chi connectivity index (χ1v) is 7.15. The second-order valence-corrected chi connectivity index (χ2v) is 5.35. The molecule has 1 aromatic heterocycles. The largest absolute Gasteiger partial charge is 0.349 e. The number of aryl methyl sites for hydroxylation is 1. The molecule has 2 rings (SSSR count). The number of likely N-dealkylation sites (N-methyl/N-ethyl adjacent to an activating group) is 1. The molecule has 0 saturated carbocycles. The molecule has 1 amide bonds. The average molecular weight is 299 g/mol. The minimum absolute atomic E-state index is 0.212. The van der Waals surface area contributed by atoms with E-state index in [1.165, 1.54) is 5.56 Å². The van der Waals surface area contributed by atoms with E-state index >= 15 is 0 Å². The zero-order valence-corrected chi connectivity index (χ0v) is 13.1. The number of hydrogen-bond donors (Lipinski definition) is 2. The van der Waals surface area contributed by atoms with E-state index in [4.69, 9.17) is 0 Å². The summed E-state index contributed by atoms with van der Waals surface area (Å²) in [7, 11) is 3.91. The third-order valence-corrected chi connectivity index (χ3v) is 3.07. The van der Waals surface area contributed by atoms with Gasteiger partial charge in [0.2, 0.25) is 0 Å². The van der Waals surface area contributed by atoms with E-state index in [9.17, 15) is 4.79 Å². The fourth-order valence-electron chi connectivity index (χ4n) is 1.79. The van der Waals surface area contributed by atoms with Crippen LogP contribution in [0.2, 0.25) is 0 Å². The maximum Gasteiger partial charge on any atom is 0.271 e. The molecule has 0 unspecified atom stereocenters. The second-order valence-electron chi connectivity index (χ2n) is 5.35. The number of nitrogens with zero attached hydrogens (tertiary/aromatic N) is 3. The minimum atomic E-state index is -0.212. The van der Waals surface area contributed by atoms with Crippen LogP contribution in [0.25, 0.3) is 0 Å². The number of benzene rings is 1. The van der Waals surface area contributed by atoms with E-state index in [2.05, 4.69) is 20.8 Å². The van der Waals surface area contributed by atoms with Crippen molar-refractivity contribution in [3.63, 3.8) is 0 Å². The molecule has 0 atom stereocenters. The average Bonchev–Trinajstić information content (AvgIpc) is 2.50. The van der Waals surface area contributed by atoms with Gasteiger partial charge < -0.3 is 15.5 Å². The molecule has 1 aromatic carbocycles. The van der Waals surface area contributed by atoms with Crippen LogP contribution in [-0.4, -0.2) is 48.2 Å². The summed E-state index contributed by atoms with van der Waals surface area (Å²) in [5.41, 5.74) is 2.44. The van der Waals surface area contributed by atoms with Crippen molar-refractivity contribution in [3.8, 4) is 0 Å². The number of nitrogens with one attached hydrogen (secondary N) is 2. The van der Waals surface area contributed by atoms with Crippen LogP contribution in [0.4, 0.5) is 11.5 Å². The predicted molar refractivity (Wildman–Crippen MR) is 87.4 cm³/mol. The first-order chi connectivity index (χ1) is 10.5. The van der Waals surface area contributed by atoms with Gasteiger partial charge >= 0.3 is 0 Å². The molecular weight excluding hydrogens is 278 g/mol. The molecule has 0 aliphatic carbocycles. The van der Waals surface area contributed by atoms with Gasteiger partial charge in [-0.15, -0.1) is 10.2 Å². The summed E-state index contributed by atoms with van der Waals surface area (Å²) in [6, 6.07) is 11.4. The van der Waals surface area contributed by atoms with Crippen LogP contribution in [0.1, 0.15) is 16.1 Å². The summed E-state index contributed by atoms with van der Waals surface area (Å²) in [5.74, 6) is 0.393. The van der Waals surface area contributed by atoms with Gasteiger partial charge in [0.05, 0.1) is 0 Å². The standard InChI is InChI=1S/C16H21N5O/c1-12-4-6-13(7-5-12)18-15-9-8-14(19-20-15)16(22)17-10-11-21(2)3/h4-9H,10-11H2,1-3H3,(H,17,22)(H,18,20). The highest BCUT2D eigenvalue weighted by Crippen LogP contribution is 2.14. The monoisotopic (exact) mass is 299 g/mol. The Morgan fingerprint density at radius 3 is 2.41 bits per heavy atom. The zero-order chi connectivity index (χ0) is 15.9. The van der Waals surface area contributed by atoms with Crippen LogP contribution < -0.4 is 10.6 Å². The molecule has 1 heterocycles. The molecule has 0 aliphatic heterocycles. The Kier molecular flexibility index (Phi) is 5.43. The molecule has 0 radical (unpaired) electrons. The van der Waals surface area contributed by atoms with Crippen molar-refractivity contribution in [2.45, 2.75) is 6.92 Å². The molecule has 116 valence electrons. The van der Waals surface area contributed by atoms with Crippen molar-refractivity contribution in [2.24, 2.45) is 0 Å². The Hall–Kier alpha value is -2.47. The van der Waals surface area contributed by atoms with Crippen molar-refractivity contribution in [1.82, 2.24) is 20.4 Å². The van der Waals surface area contributed by atoms with Crippen molar-refractivity contribution >= 4 is 17.4 Å². The van der Waals surface area contributed by atoms with Crippen LogP contribution in [0.15, 0.2) is 36.4 Å². The van der Waals surface area contributed by atoms with Crippen molar-refractivity contribution < 1.29 is 4.79 Å². The number of rotatable bonds is 6. The van der Waals surface area contributed by atoms with Gasteiger partial charge in [0.25, 0.3) is 5.91 Å². The summed E-state index contributed by atoms with van der Waals surface area (Å²) < 4.78 is 0. The predicted octanol–water partition coefficient (Wildman–Crippen LogP) is 1.82. The van der Waals surface area contributed by atoms with E-state index in [1.54, 1.807) is 12.1 Å². The van der Waals surface area contributed by atoms with E-state index < -0.39 is 0 Å². The summed E-state index contributed by atoms with van der Waals surface area (Å²) in [6.07, 6.45) is 0. The van der Waals surface area contributed by atoms with Gasteiger partial charge in [-0.25, -0.2) is 0 Å². The Morgan fingerprint density at radius 1 is 1.09 bits per heavy atom. The van der Waals surface area contributed by atoms with E-state index in [0.29, 0.717) is 18.1 Å². The lowest BCUT2D eigenvalue weighted by atomic mass is 10.2. The van der Waals surface area contributed by atoms with Gasteiger partial charge in [0.15, 0.2) is 11.5 Å². The Labute approximate surface area is 130 Å². The normalized spacial score (nSPS) is 10.5. The molecule has 0 fully saturated rings. The van der Waals surface area contributed by atoms with Crippen LogP contribution in [0.5, 0.6) is 0 Å². The van der Waals surface area contributed by atoms with Gasteiger partial charge in [0.1, 0.15) is 0 Å².